The molecule has 1 amide bonds. The van der Waals surface area contributed by atoms with E-state index >= 15 is 0 Å². The fourth-order valence-electron chi connectivity index (χ4n) is 2.33. The molecule has 0 spiro atoms. The van der Waals surface area contributed by atoms with Gasteiger partial charge in [0.1, 0.15) is 19.0 Å². The van der Waals surface area contributed by atoms with E-state index in [1.165, 1.54) is 0 Å². The Morgan fingerprint density at radius 1 is 0.889 bits per heavy atom. The molecular weight excluding hydrogens is 350 g/mol. The van der Waals surface area contributed by atoms with Crippen molar-refractivity contribution in [3.8, 4) is 17.2 Å². The number of nitrogens with one attached hydrogen (secondary N) is 1. The van der Waals surface area contributed by atoms with Gasteiger partial charge in [0.15, 0.2) is 11.5 Å². The topological polar surface area (TPSA) is 94.1 Å². The van der Waals surface area contributed by atoms with E-state index in [0.717, 1.165) is 5.56 Å². The smallest absolute Gasteiger partial charge is 0.303 e. The number of rotatable bonds is 11. The standard InChI is InChI=1S/C20H23NO6/c1-25-17-8-4-5-9-18(17)27-13-12-26-16-7-3-2-6-15(16)14-21-19(22)10-11-20(23)24/h2-9H,10-14H2,1H3,(H,21,22)(H,23,24). The average molecular weight is 373 g/mol. The minimum absolute atomic E-state index is 0.0505. The number of amides is 1. The molecule has 0 aliphatic carbocycles. The van der Waals surface area contributed by atoms with Crippen LogP contribution in [0.15, 0.2) is 48.5 Å². The lowest BCUT2D eigenvalue weighted by Gasteiger charge is -2.13. The SMILES string of the molecule is COc1ccccc1OCCOc1ccccc1CNC(=O)CCC(=O)O. The number of aliphatic carboxylic acids is 1. The molecule has 0 aliphatic heterocycles. The monoisotopic (exact) mass is 373 g/mol. The summed E-state index contributed by atoms with van der Waals surface area (Å²) in [6.45, 7) is 0.920. The highest BCUT2D eigenvalue weighted by Crippen LogP contribution is 2.25. The van der Waals surface area contributed by atoms with Gasteiger partial charge in [-0.3, -0.25) is 9.59 Å². The third-order valence-corrected chi connectivity index (χ3v) is 3.68. The molecule has 7 nitrogen and oxygen atoms in total. The second-order valence-electron chi connectivity index (χ2n) is 5.63. The molecule has 0 fully saturated rings. The van der Waals surface area contributed by atoms with E-state index < -0.39 is 5.97 Å². The fraction of sp³-hybridized carbons (Fsp3) is 0.300. The van der Waals surface area contributed by atoms with E-state index in [1.807, 2.05) is 48.5 Å². The third-order valence-electron chi connectivity index (χ3n) is 3.68. The number of methoxy groups -OCH3 is 1. The van der Waals surface area contributed by atoms with Crippen molar-refractivity contribution in [1.29, 1.82) is 0 Å². The molecule has 2 N–H and O–H groups in total. The number of carboxylic acid groups (broad SMARTS) is 1. The van der Waals surface area contributed by atoms with Crippen molar-refractivity contribution in [2.45, 2.75) is 19.4 Å². The Kier molecular flexibility index (Phi) is 7.96. The summed E-state index contributed by atoms with van der Waals surface area (Å²) in [6, 6.07) is 14.7. The van der Waals surface area contributed by atoms with Crippen LogP contribution in [0.4, 0.5) is 0 Å². The highest BCUT2D eigenvalue weighted by Gasteiger charge is 2.08. The van der Waals surface area contributed by atoms with Gasteiger partial charge in [0.05, 0.1) is 13.5 Å². The highest BCUT2D eigenvalue weighted by atomic mass is 16.5. The van der Waals surface area contributed by atoms with Crippen molar-refractivity contribution in [3.63, 3.8) is 0 Å². The van der Waals surface area contributed by atoms with Gasteiger partial charge in [-0.25, -0.2) is 0 Å². The Morgan fingerprint density at radius 2 is 1.48 bits per heavy atom. The minimum Gasteiger partial charge on any atom is -0.493 e. The fourth-order valence-corrected chi connectivity index (χ4v) is 2.33. The van der Waals surface area contributed by atoms with Crippen LogP contribution in [-0.4, -0.2) is 37.3 Å². The van der Waals surface area contributed by atoms with Crippen LogP contribution in [0.1, 0.15) is 18.4 Å². The maximum Gasteiger partial charge on any atom is 0.303 e. The van der Waals surface area contributed by atoms with Crippen molar-refractivity contribution in [2.24, 2.45) is 0 Å². The summed E-state index contributed by atoms with van der Waals surface area (Å²) in [5.74, 6) is 0.625. The molecule has 0 saturated heterocycles. The van der Waals surface area contributed by atoms with Crippen LogP contribution in [0.5, 0.6) is 17.2 Å². The minimum atomic E-state index is -0.996. The Hall–Kier alpha value is -3.22. The Balaban J connectivity index is 1.81. The maximum atomic E-state index is 11.7. The molecule has 2 rings (SSSR count). The summed E-state index contributed by atoms with van der Waals surface area (Å²) in [4.78, 5) is 22.2. The predicted molar refractivity (Wildman–Crippen MR) is 99.1 cm³/mol. The van der Waals surface area contributed by atoms with Crippen LogP contribution in [0.2, 0.25) is 0 Å². The van der Waals surface area contributed by atoms with Gasteiger partial charge in [-0.15, -0.1) is 0 Å². The first kappa shape index (κ1) is 20.1. The second-order valence-corrected chi connectivity index (χ2v) is 5.63. The molecule has 0 aliphatic rings. The highest BCUT2D eigenvalue weighted by molar-refractivity contribution is 5.80. The van der Waals surface area contributed by atoms with Crippen LogP contribution in [0, 0.1) is 0 Å². The largest absolute Gasteiger partial charge is 0.493 e. The zero-order valence-corrected chi connectivity index (χ0v) is 15.1. The number of hydrogen-bond donors (Lipinski definition) is 2. The van der Waals surface area contributed by atoms with Gasteiger partial charge >= 0.3 is 5.97 Å². The summed E-state index contributed by atoms with van der Waals surface area (Å²) in [7, 11) is 1.58. The molecule has 7 heteroatoms. The van der Waals surface area contributed by atoms with Crippen molar-refractivity contribution in [2.75, 3.05) is 20.3 Å². The van der Waals surface area contributed by atoms with Crippen LogP contribution in [0.3, 0.4) is 0 Å². The van der Waals surface area contributed by atoms with Crippen molar-refractivity contribution >= 4 is 11.9 Å². The molecule has 2 aromatic rings. The molecule has 2 aromatic carbocycles. The third kappa shape index (κ3) is 6.89. The number of para-hydroxylation sites is 3. The van der Waals surface area contributed by atoms with Crippen LogP contribution < -0.4 is 19.5 Å². The van der Waals surface area contributed by atoms with Gasteiger partial charge in [0.25, 0.3) is 0 Å². The Morgan fingerprint density at radius 3 is 2.15 bits per heavy atom. The molecule has 0 radical (unpaired) electrons. The first-order valence-corrected chi connectivity index (χ1v) is 8.55. The first-order valence-electron chi connectivity index (χ1n) is 8.55. The summed E-state index contributed by atoms with van der Waals surface area (Å²) in [5.41, 5.74) is 0.804. The summed E-state index contributed by atoms with van der Waals surface area (Å²) >= 11 is 0. The number of carbonyl (C=O) groups is 2. The van der Waals surface area contributed by atoms with Crippen LogP contribution in [-0.2, 0) is 16.1 Å². The van der Waals surface area contributed by atoms with E-state index in [2.05, 4.69) is 5.32 Å². The van der Waals surface area contributed by atoms with Gasteiger partial charge in [-0.2, -0.15) is 0 Å². The second kappa shape index (κ2) is 10.7. The molecule has 0 atom stereocenters. The van der Waals surface area contributed by atoms with Gasteiger partial charge in [-0.05, 0) is 18.2 Å². The van der Waals surface area contributed by atoms with Gasteiger partial charge in [-0.1, -0.05) is 30.3 Å². The number of hydrogen-bond acceptors (Lipinski definition) is 5. The maximum absolute atomic E-state index is 11.7. The zero-order chi connectivity index (χ0) is 19.5. The van der Waals surface area contributed by atoms with E-state index in [0.29, 0.717) is 30.5 Å². The number of ether oxygens (including phenoxy) is 3. The molecule has 0 saturated carbocycles. The molecule has 0 heterocycles. The summed E-state index contributed by atoms with van der Waals surface area (Å²) in [5, 5.41) is 11.3. The number of carbonyl (C=O) groups excluding carboxylic acids is 1. The summed E-state index contributed by atoms with van der Waals surface area (Å²) in [6.07, 6.45) is -0.241. The Bertz CT molecular complexity index is 762. The molecule has 0 unspecified atom stereocenters. The van der Waals surface area contributed by atoms with Crippen molar-refractivity contribution < 1.29 is 28.9 Å². The molecule has 27 heavy (non-hydrogen) atoms. The van der Waals surface area contributed by atoms with E-state index in [4.69, 9.17) is 19.3 Å². The lowest BCUT2D eigenvalue weighted by Crippen LogP contribution is -2.23. The zero-order valence-electron chi connectivity index (χ0n) is 15.1. The quantitative estimate of drug-likeness (QED) is 0.588. The van der Waals surface area contributed by atoms with E-state index in [1.54, 1.807) is 7.11 Å². The van der Waals surface area contributed by atoms with Crippen LogP contribution in [0.25, 0.3) is 0 Å². The van der Waals surface area contributed by atoms with Gasteiger partial charge < -0.3 is 24.6 Å². The Labute approximate surface area is 157 Å². The lowest BCUT2D eigenvalue weighted by atomic mass is 10.2. The lowest BCUT2D eigenvalue weighted by molar-refractivity contribution is -0.138. The van der Waals surface area contributed by atoms with E-state index in [-0.39, 0.29) is 25.3 Å². The molecule has 0 bridgehead atoms. The van der Waals surface area contributed by atoms with Crippen LogP contribution >= 0.6 is 0 Å². The first-order chi connectivity index (χ1) is 13.1. The summed E-state index contributed by atoms with van der Waals surface area (Å²) < 4.78 is 16.6. The normalized spacial score (nSPS) is 10.1. The van der Waals surface area contributed by atoms with Crippen molar-refractivity contribution in [3.05, 3.63) is 54.1 Å². The number of benzene rings is 2. The average Bonchev–Trinajstić information content (AvgIpc) is 2.69. The predicted octanol–water partition coefficient (Wildman–Crippen LogP) is 2.63. The molecule has 0 aromatic heterocycles. The van der Waals surface area contributed by atoms with Crippen molar-refractivity contribution in [1.82, 2.24) is 5.32 Å². The number of carboxylic acids is 1. The van der Waals surface area contributed by atoms with E-state index in [9.17, 15) is 9.59 Å². The molecule has 144 valence electrons. The van der Waals surface area contributed by atoms with Gasteiger partial charge in [0.2, 0.25) is 5.91 Å². The molecular formula is C20H23NO6. The van der Waals surface area contributed by atoms with Gasteiger partial charge in [0, 0.05) is 18.5 Å².